The molecular formula is C22H13ClN2O2. The van der Waals surface area contributed by atoms with Gasteiger partial charge in [0.2, 0.25) is 0 Å². The van der Waals surface area contributed by atoms with Crippen molar-refractivity contribution in [1.29, 1.82) is 10.5 Å². The topological polar surface area (TPSA) is 73.9 Å². The zero-order valence-corrected chi connectivity index (χ0v) is 14.9. The predicted molar refractivity (Wildman–Crippen MR) is 103 cm³/mol. The van der Waals surface area contributed by atoms with E-state index in [0.29, 0.717) is 33.0 Å². The van der Waals surface area contributed by atoms with Gasteiger partial charge in [0.15, 0.2) is 12.4 Å². The molecule has 3 rings (SSSR count). The molecule has 0 heterocycles. The van der Waals surface area contributed by atoms with Gasteiger partial charge in [-0.1, -0.05) is 23.7 Å². The Bertz CT molecular complexity index is 1080. The van der Waals surface area contributed by atoms with Crippen LogP contribution in [0.25, 0.3) is 11.1 Å². The van der Waals surface area contributed by atoms with Crippen LogP contribution in [0.1, 0.15) is 21.5 Å². The minimum atomic E-state index is -0.208. The monoisotopic (exact) mass is 372 g/mol. The minimum Gasteiger partial charge on any atom is -0.485 e. The van der Waals surface area contributed by atoms with Crippen LogP contribution in [0.4, 0.5) is 0 Å². The van der Waals surface area contributed by atoms with E-state index >= 15 is 0 Å². The Kier molecular flexibility index (Phi) is 5.52. The highest BCUT2D eigenvalue weighted by Crippen LogP contribution is 2.32. The number of carbonyl (C=O) groups excluding carboxylic acids is 1. The smallest absolute Gasteiger partial charge is 0.200 e. The lowest BCUT2D eigenvalue weighted by Gasteiger charge is -2.12. The summed E-state index contributed by atoms with van der Waals surface area (Å²) in [5.41, 5.74) is 2.91. The zero-order chi connectivity index (χ0) is 19.2. The highest BCUT2D eigenvalue weighted by atomic mass is 35.5. The second kappa shape index (κ2) is 8.19. The quantitative estimate of drug-likeness (QED) is 0.590. The molecule has 0 spiro atoms. The van der Waals surface area contributed by atoms with E-state index < -0.39 is 0 Å². The Balaban J connectivity index is 1.85. The molecule has 0 aromatic heterocycles. The van der Waals surface area contributed by atoms with Crippen LogP contribution < -0.4 is 4.74 Å². The summed E-state index contributed by atoms with van der Waals surface area (Å²) < 4.78 is 5.74. The Labute approximate surface area is 161 Å². The van der Waals surface area contributed by atoms with Crippen LogP contribution >= 0.6 is 11.6 Å². The van der Waals surface area contributed by atoms with Gasteiger partial charge < -0.3 is 4.74 Å². The normalized spacial score (nSPS) is 9.89. The van der Waals surface area contributed by atoms with Crippen LogP contribution in [0.2, 0.25) is 5.02 Å². The van der Waals surface area contributed by atoms with Crippen LogP contribution in [-0.2, 0) is 0 Å². The van der Waals surface area contributed by atoms with Crippen molar-refractivity contribution in [3.63, 3.8) is 0 Å². The van der Waals surface area contributed by atoms with Crippen molar-refractivity contribution in [1.82, 2.24) is 0 Å². The van der Waals surface area contributed by atoms with E-state index in [4.69, 9.17) is 21.6 Å². The van der Waals surface area contributed by atoms with Gasteiger partial charge >= 0.3 is 0 Å². The minimum absolute atomic E-state index is 0.161. The van der Waals surface area contributed by atoms with Gasteiger partial charge in [0.1, 0.15) is 5.75 Å². The van der Waals surface area contributed by atoms with Gasteiger partial charge in [0, 0.05) is 16.1 Å². The first-order valence-electron chi connectivity index (χ1n) is 8.07. The average molecular weight is 373 g/mol. The fourth-order valence-corrected chi connectivity index (χ4v) is 2.75. The van der Waals surface area contributed by atoms with Crippen molar-refractivity contribution in [2.75, 3.05) is 6.61 Å². The summed E-state index contributed by atoms with van der Waals surface area (Å²) in [5.74, 6) is 0.277. The van der Waals surface area contributed by atoms with E-state index in [1.807, 2.05) is 18.2 Å². The molecule has 3 aromatic carbocycles. The Morgan fingerprint density at radius 2 is 1.63 bits per heavy atom. The molecule has 0 aliphatic rings. The van der Waals surface area contributed by atoms with Gasteiger partial charge in [-0.05, 0) is 60.2 Å². The van der Waals surface area contributed by atoms with Crippen molar-refractivity contribution >= 4 is 17.4 Å². The second-order valence-corrected chi connectivity index (χ2v) is 6.17. The van der Waals surface area contributed by atoms with Crippen LogP contribution in [-0.4, -0.2) is 12.4 Å². The summed E-state index contributed by atoms with van der Waals surface area (Å²) in [6, 6.07) is 22.7. The Morgan fingerprint density at radius 3 is 2.30 bits per heavy atom. The summed E-state index contributed by atoms with van der Waals surface area (Å²) in [7, 11) is 0. The molecule has 0 radical (unpaired) electrons. The molecule has 0 aliphatic carbocycles. The van der Waals surface area contributed by atoms with Crippen molar-refractivity contribution in [3.05, 3.63) is 88.4 Å². The van der Waals surface area contributed by atoms with Crippen LogP contribution in [0.5, 0.6) is 5.75 Å². The SMILES string of the molecule is N#Cc1ccc(C(=O)COc2ccc(C#N)cc2-c2cccc(Cl)c2)cc1. The number of benzene rings is 3. The van der Waals surface area contributed by atoms with E-state index in [2.05, 4.69) is 6.07 Å². The molecule has 5 heteroatoms. The number of halogens is 1. The molecule has 0 unspecified atom stereocenters. The van der Waals surface area contributed by atoms with Crippen molar-refractivity contribution in [3.8, 4) is 29.0 Å². The number of carbonyl (C=O) groups is 1. The number of nitriles is 2. The number of rotatable bonds is 5. The molecule has 0 atom stereocenters. The maximum absolute atomic E-state index is 12.4. The molecule has 130 valence electrons. The number of hydrogen-bond acceptors (Lipinski definition) is 4. The first-order valence-corrected chi connectivity index (χ1v) is 8.45. The maximum Gasteiger partial charge on any atom is 0.200 e. The van der Waals surface area contributed by atoms with Crippen LogP contribution in [0.15, 0.2) is 66.7 Å². The number of ether oxygens (including phenoxy) is 1. The standard InChI is InChI=1S/C22H13ClN2O2/c23-19-3-1-2-18(11-19)20-10-16(13-25)6-9-22(20)27-14-21(26)17-7-4-15(12-24)5-8-17/h1-11H,14H2. The number of Topliss-reactive ketones (excluding diaryl/α,β-unsaturated/α-hetero) is 1. The lowest BCUT2D eigenvalue weighted by molar-refractivity contribution is 0.0922. The largest absolute Gasteiger partial charge is 0.485 e. The molecule has 0 saturated carbocycles. The first kappa shape index (κ1) is 18.2. The van der Waals surface area contributed by atoms with E-state index in [1.165, 1.54) is 0 Å². The molecule has 0 aliphatic heterocycles. The van der Waals surface area contributed by atoms with Crippen LogP contribution in [0, 0.1) is 22.7 Å². The van der Waals surface area contributed by atoms with Crippen LogP contribution in [0.3, 0.4) is 0 Å². The molecule has 3 aromatic rings. The number of ketones is 1. The molecule has 0 saturated heterocycles. The van der Waals surface area contributed by atoms with Gasteiger partial charge in [-0.3, -0.25) is 4.79 Å². The summed E-state index contributed by atoms with van der Waals surface area (Å²) in [6.07, 6.45) is 0. The highest BCUT2D eigenvalue weighted by molar-refractivity contribution is 6.30. The third kappa shape index (κ3) is 4.33. The fourth-order valence-electron chi connectivity index (χ4n) is 2.56. The van der Waals surface area contributed by atoms with Gasteiger partial charge in [-0.25, -0.2) is 0 Å². The zero-order valence-electron chi connectivity index (χ0n) is 14.1. The maximum atomic E-state index is 12.4. The average Bonchev–Trinajstić information content (AvgIpc) is 2.72. The third-order valence-corrected chi connectivity index (χ3v) is 4.17. The molecule has 0 amide bonds. The summed E-state index contributed by atoms with van der Waals surface area (Å²) >= 11 is 6.07. The van der Waals surface area contributed by atoms with Crippen molar-refractivity contribution in [2.45, 2.75) is 0 Å². The second-order valence-electron chi connectivity index (χ2n) is 5.73. The van der Waals surface area contributed by atoms with E-state index in [9.17, 15) is 10.1 Å². The number of hydrogen-bond donors (Lipinski definition) is 0. The van der Waals surface area contributed by atoms with Gasteiger partial charge in [0.05, 0.1) is 23.3 Å². The van der Waals surface area contributed by atoms with Crippen molar-refractivity contribution in [2.24, 2.45) is 0 Å². The Hall–Kier alpha value is -3.60. The van der Waals surface area contributed by atoms with E-state index in [1.54, 1.807) is 54.6 Å². The first-order chi connectivity index (χ1) is 13.1. The van der Waals surface area contributed by atoms with E-state index in [0.717, 1.165) is 5.56 Å². The molecule has 0 fully saturated rings. The molecule has 4 nitrogen and oxygen atoms in total. The van der Waals surface area contributed by atoms with E-state index in [-0.39, 0.29) is 12.4 Å². The summed E-state index contributed by atoms with van der Waals surface area (Å²) in [4.78, 5) is 12.4. The van der Waals surface area contributed by atoms with Gasteiger partial charge in [-0.15, -0.1) is 0 Å². The molecule has 27 heavy (non-hydrogen) atoms. The fraction of sp³-hybridized carbons (Fsp3) is 0.0455. The highest BCUT2D eigenvalue weighted by Gasteiger charge is 2.12. The molecule has 0 N–H and O–H groups in total. The lowest BCUT2D eigenvalue weighted by atomic mass is 10.0. The number of nitrogens with zero attached hydrogens (tertiary/aromatic N) is 2. The molecule has 0 bridgehead atoms. The summed E-state index contributed by atoms with van der Waals surface area (Å²) in [5, 5.41) is 18.6. The summed E-state index contributed by atoms with van der Waals surface area (Å²) in [6.45, 7) is -0.161. The van der Waals surface area contributed by atoms with Gasteiger partial charge in [-0.2, -0.15) is 10.5 Å². The Morgan fingerprint density at radius 1 is 0.926 bits per heavy atom. The van der Waals surface area contributed by atoms with Gasteiger partial charge in [0.25, 0.3) is 0 Å². The lowest BCUT2D eigenvalue weighted by Crippen LogP contribution is -2.12. The predicted octanol–water partition coefficient (Wildman–Crippen LogP) is 5.01. The molecular weight excluding hydrogens is 360 g/mol. The third-order valence-electron chi connectivity index (χ3n) is 3.94. The van der Waals surface area contributed by atoms with Crippen molar-refractivity contribution < 1.29 is 9.53 Å².